The maximum atomic E-state index is 12.9. The Morgan fingerprint density at radius 3 is 2.17 bits per heavy atom. The number of carboxylic acid groups (broad SMARTS) is 1. The summed E-state index contributed by atoms with van der Waals surface area (Å²) >= 11 is 0. The molecule has 0 aliphatic heterocycles. The molecule has 0 saturated heterocycles. The van der Waals surface area contributed by atoms with E-state index in [0.717, 1.165) is 12.1 Å². The molecule has 6 heteroatoms. The van der Waals surface area contributed by atoms with Crippen LogP contribution in [0.1, 0.15) is 19.4 Å². The average molecular weight is 261 g/mol. The SMILES string of the molecule is CC(C)[C@@H](NCc1cc(F)c(F)c(F)c1)C(=O)O. The van der Waals surface area contributed by atoms with Gasteiger partial charge in [-0.1, -0.05) is 13.8 Å². The van der Waals surface area contributed by atoms with Crippen molar-refractivity contribution in [3.05, 3.63) is 35.1 Å². The first-order valence-electron chi connectivity index (χ1n) is 5.42. The van der Waals surface area contributed by atoms with Crippen molar-refractivity contribution in [2.24, 2.45) is 5.92 Å². The van der Waals surface area contributed by atoms with Gasteiger partial charge in [-0.2, -0.15) is 0 Å². The van der Waals surface area contributed by atoms with Gasteiger partial charge in [-0.15, -0.1) is 0 Å². The molecule has 0 radical (unpaired) electrons. The average Bonchev–Trinajstić information content (AvgIpc) is 2.24. The van der Waals surface area contributed by atoms with Crippen LogP contribution in [0.4, 0.5) is 13.2 Å². The molecule has 0 bridgehead atoms. The molecule has 0 unspecified atom stereocenters. The molecular weight excluding hydrogens is 247 g/mol. The summed E-state index contributed by atoms with van der Waals surface area (Å²) in [7, 11) is 0. The largest absolute Gasteiger partial charge is 0.480 e. The van der Waals surface area contributed by atoms with Gasteiger partial charge in [-0.25, -0.2) is 13.2 Å². The third kappa shape index (κ3) is 3.46. The zero-order chi connectivity index (χ0) is 13.9. The van der Waals surface area contributed by atoms with Gasteiger partial charge in [-0.3, -0.25) is 4.79 Å². The predicted octanol–water partition coefficient (Wildman–Crippen LogP) is 2.30. The number of hydrogen-bond acceptors (Lipinski definition) is 2. The molecule has 1 aromatic carbocycles. The summed E-state index contributed by atoms with van der Waals surface area (Å²) in [5, 5.41) is 11.6. The number of nitrogens with one attached hydrogen (secondary N) is 1. The summed E-state index contributed by atoms with van der Waals surface area (Å²) < 4.78 is 38.5. The lowest BCUT2D eigenvalue weighted by Crippen LogP contribution is -2.40. The highest BCUT2D eigenvalue weighted by Crippen LogP contribution is 2.14. The summed E-state index contributed by atoms with van der Waals surface area (Å²) in [6.45, 7) is 3.36. The zero-order valence-corrected chi connectivity index (χ0v) is 10.0. The second kappa shape index (κ2) is 5.86. The van der Waals surface area contributed by atoms with Crippen LogP contribution >= 0.6 is 0 Å². The second-order valence-electron chi connectivity index (χ2n) is 4.31. The van der Waals surface area contributed by atoms with E-state index in [1.165, 1.54) is 0 Å². The summed E-state index contributed by atoms with van der Waals surface area (Å²) in [5.74, 6) is -5.34. The molecule has 0 amide bonds. The molecule has 0 aliphatic rings. The van der Waals surface area contributed by atoms with Crippen LogP contribution < -0.4 is 5.32 Å². The topological polar surface area (TPSA) is 49.3 Å². The Morgan fingerprint density at radius 1 is 1.28 bits per heavy atom. The number of hydrogen-bond donors (Lipinski definition) is 2. The van der Waals surface area contributed by atoms with Gasteiger partial charge < -0.3 is 10.4 Å². The number of rotatable bonds is 5. The summed E-state index contributed by atoms with van der Waals surface area (Å²) in [4.78, 5) is 10.9. The van der Waals surface area contributed by atoms with Crippen molar-refractivity contribution in [2.45, 2.75) is 26.4 Å². The molecule has 100 valence electrons. The molecule has 3 nitrogen and oxygen atoms in total. The van der Waals surface area contributed by atoms with E-state index < -0.39 is 29.5 Å². The first-order chi connectivity index (χ1) is 8.32. The van der Waals surface area contributed by atoms with Crippen molar-refractivity contribution in [2.75, 3.05) is 0 Å². The fraction of sp³-hybridized carbons (Fsp3) is 0.417. The van der Waals surface area contributed by atoms with Gasteiger partial charge in [0.05, 0.1) is 0 Å². The van der Waals surface area contributed by atoms with Crippen molar-refractivity contribution >= 4 is 5.97 Å². The first kappa shape index (κ1) is 14.5. The molecule has 0 fully saturated rings. The lowest BCUT2D eigenvalue weighted by atomic mass is 10.0. The van der Waals surface area contributed by atoms with Gasteiger partial charge in [0, 0.05) is 6.54 Å². The number of halogens is 3. The fourth-order valence-electron chi connectivity index (χ4n) is 1.55. The van der Waals surface area contributed by atoms with Crippen molar-refractivity contribution in [3.8, 4) is 0 Å². The quantitative estimate of drug-likeness (QED) is 0.800. The van der Waals surface area contributed by atoms with Crippen LogP contribution in [0.25, 0.3) is 0 Å². The normalized spacial score (nSPS) is 12.8. The van der Waals surface area contributed by atoms with Crippen molar-refractivity contribution in [3.63, 3.8) is 0 Å². The number of benzene rings is 1. The molecule has 1 rings (SSSR count). The van der Waals surface area contributed by atoms with E-state index in [1.807, 2.05) is 0 Å². The molecule has 0 spiro atoms. The van der Waals surface area contributed by atoms with E-state index in [0.29, 0.717) is 0 Å². The Bertz CT molecular complexity index is 426. The van der Waals surface area contributed by atoms with Gasteiger partial charge in [-0.05, 0) is 23.6 Å². The van der Waals surface area contributed by atoms with Crippen LogP contribution in [0.5, 0.6) is 0 Å². The van der Waals surface area contributed by atoms with Crippen LogP contribution in [-0.4, -0.2) is 17.1 Å². The number of aliphatic carboxylic acids is 1. The minimum atomic E-state index is -1.53. The lowest BCUT2D eigenvalue weighted by molar-refractivity contribution is -0.140. The van der Waals surface area contributed by atoms with E-state index in [2.05, 4.69) is 5.32 Å². The van der Waals surface area contributed by atoms with Crippen molar-refractivity contribution < 1.29 is 23.1 Å². The first-order valence-corrected chi connectivity index (χ1v) is 5.42. The molecule has 0 aliphatic carbocycles. The minimum Gasteiger partial charge on any atom is -0.480 e. The molecule has 2 N–H and O–H groups in total. The highest BCUT2D eigenvalue weighted by atomic mass is 19.2. The number of carbonyl (C=O) groups is 1. The van der Waals surface area contributed by atoms with Crippen LogP contribution in [0.15, 0.2) is 12.1 Å². The summed E-state index contributed by atoms with van der Waals surface area (Å²) in [6, 6.07) is 0.844. The van der Waals surface area contributed by atoms with E-state index in [-0.39, 0.29) is 18.0 Å². The van der Waals surface area contributed by atoms with Gasteiger partial charge in [0.1, 0.15) is 6.04 Å². The maximum Gasteiger partial charge on any atom is 0.320 e. The zero-order valence-electron chi connectivity index (χ0n) is 10.0. The van der Waals surface area contributed by atoms with Gasteiger partial charge in [0.2, 0.25) is 0 Å². The van der Waals surface area contributed by atoms with Gasteiger partial charge in [0.25, 0.3) is 0 Å². The third-order valence-electron chi connectivity index (χ3n) is 2.50. The van der Waals surface area contributed by atoms with E-state index in [4.69, 9.17) is 5.11 Å². The van der Waals surface area contributed by atoms with Gasteiger partial charge in [0.15, 0.2) is 17.5 Å². The monoisotopic (exact) mass is 261 g/mol. The van der Waals surface area contributed by atoms with Crippen LogP contribution in [0.2, 0.25) is 0 Å². The Balaban J connectivity index is 2.77. The lowest BCUT2D eigenvalue weighted by Gasteiger charge is -2.18. The minimum absolute atomic E-state index is 0.0523. The molecule has 0 aromatic heterocycles. The molecular formula is C12H14F3NO2. The number of carboxylic acids is 1. The molecule has 1 atom stereocenters. The van der Waals surface area contributed by atoms with E-state index in [9.17, 15) is 18.0 Å². The molecule has 1 aromatic rings. The highest BCUT2D eigenvalue weighted by molar-refractivity contribution is 5.73. The molecule has 0 saturated carbocycles. The van der Waals surface area contributed by atoms with Crippen molar-refractivity contribution in [1.29, 1.82) is 0 Å². The molecule has 18 heavy (non-hydrogen) atoms. The van der Waals surface area contributed by atoms with Crippen LogP contribution in [-0.2, 0) is 11.3 Å². The van der Waals surface area contributed by atoms with E-state index >= 15 is 0 Å². The Kier molecular flexibility index (Phi) is 4.72. The Morgan fingerprint density at radius 2 is 1.78 bits per heavy atom. The standard InChI is InChI=1S/C12H14F3NO2/c1-6(2)11(12(17)18)16-5-7-3-8(13)10(15)9(14)4-7/h3-4,6,11,16H,5H2,1-2H3,(H,17,18)/t11-/m1/s1. The summed E-state index contributed by atoms with van der Waals surface area (Å²) in [5.41, 5.74) is 0.151. The van der Waals surface area contributed by atoms with Crippen LogP contribution in [0, 0.1) is 23.4 Å². The van der Waals surface area contributed by atoms with Crippen LogP contribution in [0.3, 0.4) is 0 Å². The van der Waals surface area contributed by atoms with Crippen molar-refractivity contribution in [1.82, 2.24) is 5.32 Å². The fourth-order valence-corrected chi connectivity index (χ4v) is 1.55. The smallest absolute Gasteiger partial charge is 0.320 e. The Labute approximate surface area is 103 Å². The Hall–Kier alpha value is -1.56. The predicted molar refractivity (Wildman–Crippen MR) is 59.4 cm³/mol. The molecule has 0 heterocycles. The summed E-state index contributed by atoms with van der Waals surface area (Å²) in [6.07, 6.45) is 0. The highest BCUT2D eigenvalue weighted by Gasteiger charge is 2.21. The third-order valence-corrected chi connectivity index (χ3v) is 2.50. The second-order valence-corrected chi connectivity index (χ2v) is 4.31. The maximum absolute atomic E-state index is 12.9. The van der Waals surface area contributed by atoms with E-state index in [1.54, 1.807) is 13.8 Å². The van der Waals surface area contributed by atoms with Gasteiger partial charge >= 0.3 is 5.97 Å².